The maximum atomic E-state index is 5.42. The van der Waals surface area contributed by atoms with Gasteiger partial charge in [-0.2, -0.15) is 0 Å². The van der Waals surface area contributed by atoms with Crippen LogP contribution < -0.4 is 10.6 Å². The molecule has 0 saturated carbocycles. The van der Waals surface area contributed by atoms with Gasteiger partial charge in [0.1, 0.15) is 0 Å². The average molecular weight is 296 g/mol. The normalized spacial score (nSPS) is 17.0. The number of thiophene rings is 1. The van der Waals surface area contributed by atoms with E-state index in [1.807, 2.05) is 0 Å². The first-order valence-corrected chi connectivity index (χ1v) is 8.23. The van der Waals surface area contributed by atoms with Gasteiger partial charge in [-0.05, 0) is 30.0 Å². The standard InChI is InChI=1S/C18H20N2S/c1-14-9-16-6-2-3-7-18(16)20(11-14)12-17-10-15(13-21-17)5-4-8-19/h2-3,6-7,10,13-14H,8-9,11-12,19H2,1H3. The van der Waals surface area contributed by atoms with Crippen LogP contribution in [0.5, 0.6) is 0 Å². The number of nitrogens with two attached hydrogens (primary N) is 1. The number of benzene rings is 1. The minimum atomic E-state index is 0.419. The van der Waals surface area contributed by atoms with Gasteiger partial charge in [0, 0.05) is 28.1 Å². The Hall–Kier alpha value is -1.76. The van der Waals surface area contributed by atoms with E-state index in [0.717, 1.165) is 18.7 Å². The summed E-state index contributed by atoms with van der Waals surface area (Å²) in [5, 5.41) is 2.12. The molecule has 108 valence electrons. The molecule has 0 amide bonds. The monoisotopic (exact) mass is 296 g/mol. The van der Waals surface area contributed by atoms with Crippen LogP contribution in [0.15, 0.2) is 35.7 Å². The number of nitrogens with zero attached hydrogens (tertiary/aromatic N) is 1. The van der Waals surface area contributed by atoms with E-state index < -0.39 is 0 Å². The zero-order valence-corrected chi connectivity index (χ0v) is 13.1. The topological polar surface area (TPSA) is 29.3 Å². The average Bonchev–Trinajstić information content (AvgIpc) is 2.92. The summed E-state index contributed by atoms with van der Waals surface area (Å²) in [5.74, 6) is 6.73. The molecule has 0 saturated heterocycles. The number of para-hydroxylation sites is 1. The Morgan fingerprint density at radius 3 is 3.10 bits per heavy atom. The van der Waals surface area contributed by atoms with E-state index in [4.69, 9.17) is 5.73 Å². The highest BCUT2D eigenvalue weighted by molar-refractivity contribution is 7.10. The molecule has 1 aliphatic rings. The van der Waals surface area contributed by atoms with Gasteiger partial charge in [0.2, 0.25) is 0 Å². The van der Waals surface area contributed by atoms with Gasteiger partial charge in [-0.3, -0.25) is 0 Å². The molecule has 1 atom stereocenters. The van der Waals surface area contributed by atoms with Crippen LogP contribution in [0.4, 0.5) is 5.69 Å². The molecule has 21 heavy (non-hydrogen) atoms. The van der Waals surface area contributed by atoms with Gasteiger partial charge in [0.05, 0.1) is 13.1 Å². The molecule has 1 aromatic heterocycles. The summed E-state index contributed by atoms with van der Waals surface area (Å²) < 4.78 is 0. The Morgan fingerprint density at radius 1 is 1.38 bits per heavy atom. The van der Waals surface area contributed by atoms with Crippen LogP contribution in [0.1, 0.15) is 22.9 Å². The second-order valence-corrected chi connectivity index (χ2v) is 6.62. The van der Waals surface area contributed by atoms with Crippen molar-refractivity contribution < 1.29 is 0 Å². The van der Waals surface area contributed by atoms with Crippen molar-refractivity contribution in [3.05, 3.63) is 51.7 Å². The van der Waals surface area contributed by atoms with Gasteiger partial charge >= 0.3 is 0 Å². The molecular weight excluding hydrogens is 276 g/mol. The van der Waals surface area contributed by atoms with E-state index >= 15 is 0 Å². The highest BCUT2D eigenvalue weighted by atomic mass is 32.1. The Balaban J connectivity index is 1.80. The predicted molar refractivity (Wildman–Crippen MR) is 90.6 cm³/mol. The Labute approximate surface area is 130 Å². The summed E-state index contributed by atoms with van der Waals surface area (Å²) in [6.45, 7) is 4.84. The third kappa shape index (κ3) is 3.29. The fraction of sp³-hybridized carbons (Fsp3) is 0.333. The van der Waals surface area contributed by atoms with Gasteiger partial charge < -0.3 is 10.6 Å². The van der Waals surface area contributed by atoms with Crippen LogP contribution in [0.3, 0.4) is 0 Å². The molecule has 0 spiro atoms. The lowest BCUT2D eigenvalue weighted by molar-refractivity contribution is 0.531. The summed E-state index contributed by atoms with van der Waals surface area (Å²) in [6, 6.07) is 11.0. The lowest BCUT2D eigenvalue weighted by Crippen LogP contribution is -2.33. The van der Waals surface area contributed by atoms with Crippen molar-refractivity contribution in [2.45, 2.75) is 19.9 Å². The van der Waals surface area contributed by atoms with Crippen molar-refractivity contribution in [1.29, 1.82) is 0 Å². The van der Waals surface area contributed by atoms with Crippen molar-refractivity contribution >= 4 is 17.0 Å². The van der Waals surface area contributed by atoms with E-state index in [-0.39, 0.29) is 0 Å². The van der Waals surface area contributed by atoms with E-state index in [2.05, 4.69) is 59.4 Å². The van der Waals surface area contributed by atoms with Crippen molar-refractivity contribution in [3.63, 3.8) is 0 Å². The molecule has 2 heterocycles. The summed E-state index contributed by atoms with van der Waals surface area (Å²) >= 11 is 1.78. The summed E-state index contributed by atoms with van der Waals surface area (Å²) in [5.41, 5.74) is 9.36. The van der Waals surface area contributed by atoms with E-state index in [1.165, 1.54) is 22.5 Å². The summed E-state index contributed by atoms with van der Waals surface area (Å²) in [7, 11) is 0. The quantitative estimate of drug-likeness (QED) is 0.862. The number of rotatable bonds is 2. The SMILES string of the molecule is CC1Cc2ccccc2N(Cc2cc(C#CCN)cs2)C1. The van der Waals surface area contributed by atoms with Crippen molar-refractivity contribution in [1.82, 2.24) is 0 Å². The maximum Gasteiger partial charge on any atom is 0.0555 e. The van der Waals surface area contributed by atoms with Crippen molar-refractivity contribution in [2.75, 3.05) is 18.0 Å². The highest BCUT2D eigenvalue weighted by Gasteiger charge is 2.21. The first-order valence-electron chi connectivity index (χ1n) is 7.35. The molecule has 1 unspecified atom stereocenters. The van der Waals surface area contributed by atoms with Crippen LogP contribution >= 0.6 is 11.3 Å². The van der Waals surface area contributed by atoms with E-state index in [0.29, 0.717) is 12.5 Å². The molecule has 2 N–H and O–H groups in total. The first-order chi connectivity index (χ1) is 10.3. The van der Waals surface area contributed by atoms with Gasteiger partial charge in [-0.15, -0.1) is 11.3 Å². The predicted octanol–water partition coefficient (Wildman–Crippen LogP) is 3.26. The minimum Gasteiger partial charge on any atom is -0.366 e. The minimum absolute atomic E-state index is 0.419. The third-order valence-electron chi connectivity index (χ3n) is 3.77. The van der Waals surface area contributed by atoms with Gasteiger partial charge in [-0.25, -0.2) is 0 Å². The highest BCUT2D eigenvalue weighted by Crippen LogP contribution is 2.31. The van der Waals surface area contributed by atoms with E-state index in [9.17, 15) is 0 Å². The van der Waals surface area contributed by atoms with Gasteiger partial charge in [-0.1, -0.05) is 37.0 Å². The molecule has 1 aliphatic heterocycles. The zero-order valence-electron chi connectivity index (χ0n) is 12.3. The van der Waals surface area contributed by atoms with Crippen LogP contribution in [0.2, 0.25) is 0 Å². The van der Waals surface area contributed by atoms with Crippen molar-refractivity contribution in [2.24, 2.45) is 11.7 Å². The Bertz CT molecular complexity index is 678. The number of hydrogen-bond acceptors (Lipinski definition) is 3. The van der Waals surface area contributed by atoms with Crippen LogP contribution in [-0.2, 0) is 13.0 Å². The molecule has 3 rings (SSSR count). The Kier molecular flexibility index (Phi) is 4.28. The Morgan fingerprint density at radius 2 is 2.24 bits per heavy atom. The molecule has 2 nitrogen and oxygen atoms in total. The molecule has 0 radical (unpaired) electrons. The number of hydrogen-bond donors (Lipinski definition) is 1. The zero-order chi connectivity index (χ0) is 14.7. The fourth-order valence-electron chi connectivity index (χ4n) is 2.93. The maximum absolute atomic E-state index is 5.42. The lowest BCUT2D eigenvalue weighted by atomic mass is 9.94. The lowest BCUT2D eigenvalue weighted by Gasteiger charge is -2.34. The molecular formula is C18H20N2S. The third-order valence-corrected chi connectivity index (χ3v) is 4.69. The summed E-state index contributed by atoms with van der Waals surface area (Å²) in [6.07, 6.45) is 1.18. The molecule has 1 aromatic carbocycles. The molecule has 0 aliphatic carbocycles. The number of anilines is 1. The van der Waals surface area contributed by atoms with Crippen LogP contribution in [-0.4, -0.2) is 13.1 Å². The van der Waals surface area contributed by atoms with Crippen LogP contribution in [0.25, 0.3) is 0 Å². The van der Waals surface area contributed by atoms with E-state index in [1.54, 1.807) is 11.3 Å². The second kappa shape index (κ2) is 6.34. The van der Waals surface area contributed by atoms with Crippen molar-refractivity contribution in [3.8, 4) is 11.8 Å². The fourth-order valence-corrected chi connectivity index (χ4v) is 3.76. The second-order valence-electron chi connectivity index (χ2n) is 5.63. The van der Waals surface area contributed by atoms with Gasteiger partial charge in [0.25, 0.3) is 0 Å². The number of fused-ring (bicyclic) bond motifs is 1. The molecule has 0 fully saturated rings. The summed E-state index contributed by atoms with van der Waals surface area (Å²) in [4.78, 5) is 3.86. The molecule has 3 heteroatoms. The van der Waals surface area contributed by atoms with Gasteiger partial charge in [0.15, 0.2) is 0 Å². The molecule has 2 aromatic rings. The molecule has 0 bridgehead atoms. The van der Waals surface area contributed by atoms with Crippen LogP contribution in [0, 0.1) is 17.8 Å². The largest absolute Gasteiger partial charge is 0.366 e. The smallest absolute Gasteiger partial charge is 0.0555 e. The first kappa shape index (κ1) is 14.2.